The van der Waals surface area contributed by atoms with E-state index >= 15 is 0 Å². The van der Waals surface area contributed by atoms with Crippen LogP contribution < -0.4 is 0 Å². The van der Waals surface area contributed by atoms with Crippen molar-refractivity contribution in [3.8, 4) is 10.0 Å². The first-order chi connectivity index (χ1) is 15.8. The van der Waals surface area contributed by atoms with Gasteiger partial charge in [-0.1, -0.05) is 64.5 Å². The van der Waals surface area contributed by atoms with Gasteiger partial charge in [0, 0.05) is 11.1 Å². The fourth-order valence-corrected chi connectivity index (χ4v) is 6.25. The second-order valence-electron chi connectivity index (χ2n) is 8.38. The Hall–Kier alpha value is -2.22. The van der Waals surface area contributed by atoms with E-state index in [4.69, 9.17) is 9.97 Å². The summed E-state index contributed by atoms with van der Waals surface area (Å²) in [5.41, 5.74) is 11.5. The van der Waals surface area contributed by atoms with Crippen molar-refractivity contribution in [2.45, 2.75) is 78.1 Å². The highest BCUT2D eigenvalue weighted by molar-refractivity contribution is 7.22. The number of nitrogens with zero attached hydrogens (tertiary/aromatic N) is 2. The lowest BCUT2D eigenvalue weighted by molar-refractivity contribution is 0.661. The van der Waals surface area contributed by atoms with Gasteiger partial charge in [0.1, 0.15) is 0 Å². The summed E-state index contributed by atoms with van der Waals surface area (Å²) in [7, 11) is 0. The normalized spacial score (nSPS) is 14.1. The van der Waals surface area contributed by atoms with Crippen molar-refractivity contribution in [3.63, 3.8) is 0 Å². The Morgan fingerprint density at radius 1 is 0.656 bits per heavy atom. The molecule has 166 valence electrons. The molecule has 0 N–H and O–H groups in total. The molecule has 0 saturated heterocycles. The lowest BCUT2D eigenvalue weighted by atomic mass is 10.1. The summed E-state index contributed by atoms with van der Waals surface area (Å²) >= 11 is 3.56. The number of thiazole rings is 2. The molecule has 4 heteroatoms. The minimum Gasteiger partial charge on any atom is -0.238 e. The molecule has 0 aromatic carbocycles. The van der Waals surface area contributed by atoms with Crippen LogP contribution in [0, 0.1) is 0 Å². The highest BCUT2D eigenvalue weighted by Gasteiger charge is 2.21. The average Bonchev–Trinajstić information content (AvgIpc) is 3.60. The smallest absolute Gasteiger partial charge is 0.153 e. The number of rotatable bonds is 13. The summed E-state index contributed by atoms with van der Waals surface area (Å²) in [6.45, 7) is 4.52. The van der Waals surface area contributed by atoms with Gasteiger partial charge in [0.05, 0.1) is 21.1 Å². The quantitative estimate of drug-likeness (QED) is 0.220. The molecule has 2 aromatic rings. The van der Waals surface area contributed by atoms with E-state index in [2.05, 4.69) is 49.6 Å². The predicted molar refractivity (Wildman–Crippen MR) is 140 cm³/mol. The Morgan fingerprint density at radius 2 is 1.12 bits per heavy atom. The zero-order valence-corrected chi connectivity index (χ0v) is 20.9. The molecule has 4 rings (SSSR count). The maximum Gasteiger partial charge on any atom is 0.153 e. The highest BCUT2D eigenvalue weighted by Crippen LogP contribution is 2.39. The number of aromatic nitrogens is 2. The minimum absolute atomic E-state index is 1.03. The molecule has 2 nitrogen and oxygen atoms in total. The molecule has 0 atom stereocenters. The standard InChI is InChI=1S/C28H32N2S2/c1-3-5-7-9-19-23-25(21-15-11-12-16-21)31-27(29-23)28-30-24(20-10-8-6-4-2)26(32-28)22-17-13-14-18-22/h11-15,17H,3-10,19-20H2,1-2H3. The summed E-state index contributed by atoms with van der Waals surface area (Å²) in [4.78, 5) is 12.8. The molecule has 0 radical (unpaired) electrons. The molecule has 0 fully saturated rings. The molecule has 0 amide bonds. The van der Waals surface area contributed by atoms with E-state index in [1.54, 1.807) is 22.7 Å². The first-order valence-electron chi connectivity index (χ1n) is 12.1. The SMILES string of the molecule is CCCCCCc1nc(-c2nc(CCCCCC)c(C3=C=CC=C3)s2)sc1C1=C=CC=C1. The third-order valence-electron chi connectivity index (χ3n) is 5.80. The van der Waals surface area contributed by atoms with Gasteiger partial charge in [-0.05, 0) is 50.0 Å². The van der Waals surface area contributed by atoms with Crippen LogP contribution in [0.3, 0.4) is 0 Å². The molecule has 0 saturated carbocycles. The first kappa shape index (κ1) is 23.0. The number of aryl methyl sites for hydroxylation is 2. The van der Waals surface area contributed by atoms with Gasteiger partial charge in [0.2, 0.25) is 0 Å². The van der Waals surface area contributed by atoms with Crippen molar-refractivity contribution < 1.29 is 0 Å². The summed E-state index contributed by atoms with van der Waals surface area (Å²) in [6, 6.07) is 0. The lowest BCUT2D eigenvalue weighted by Crippen LogP contribution is -1.91. The maximum atomic E-state index is 5.12. The van der Waals surface area contributed by atoms with E-state index < -0.39 is 0 Å². The van der Waals surface area contributed by atoms with Crippen molar-refractivity contribution in [3.05, 3.63) is 69.1 Å². The van der Waals surface area contributed by atoms with Crippen LogP contribution in [-0.4, -0.2) is 9.97 Å². The van der Waals surface area contributed by atoms with Crippen molar-refractivity contribution in [2.75, 3.05) is 0 Å². The third kappa shape index (κ3) is 5.57. The van der Waals surface area contributed by atoms with Crippen molar-refractivity contribution in [1.82, 2.24) is 9.97 Å². The largest absolute Gasteiger partial charge is 0.238 e. The second-order valence-corrected chi connectivity index (χ2v) is 10.4. The van der Waals surface area contributed by atoms with E-state index in [-0.39, 0.29) is 0 Å². The second kappa shape index (κ2) is 11.6. The van der Waals surface area contributed by atoms with E-state index in [0.717, 1.165) is 22.9 Å². The van der Waals surface area contributed by atoms with Crippen LogP contribution >= 0.6 is 22.7 Å². The molecule has 0 unspecified atom stereocenters. The van der Waals surface area contributed by atoms with Crippen LogP contribution in [0.1, 0.15) is 86.4 Å². The number of hydrogen-bond donors (Lipinski definition) is 0. The van der Waals surface area contributed by atoms with E-state index in [1.807, 2.05) is 12.2 Å². The fourth-order valence-electron chi connectivity index (χ4n) is 4.03. The summed E-state index contributed by atoms with van der Waals surface area (Å²) in [5.74, 6) is 0. The molecular weight excluding hydrogens is 428 g/mol. The zero-order chi connectivity index (χ0) is 22.2. The van der Waals surface area contributed by atoms with Gasteiger partial charge in [-0.25, -0.2) is 9.97 Å². The van der Waals surface area contributed by atoms with Gasteiger partial charge in [-0.15, -0.1) is 34.1 Å². The number of hydrogen-bond acceptors (Lipinski definition) is 4. The van der Waals surface area contributed by atoms with Crippen LogP contribution in [0.5, 0.6) is 0 Å². The molecule has 0 spiro atoms. The van der Waals surface area contributed by atoms with Crippen LogP contribution in [0.4, 0.5) is 0 Å². The van der Waals surface area contributed by atoms with Crippen molar-refractivity contribution in [2.24, 2.45) is 0 Å². The summed E-state index contributed by atoms with van der Waals surface area (Å²) in [6.07, 6.45) is 24.5. The van der Waals surface area contributed by atoms with Gasteiger partial charge in [-0.2, -0.15) is 0 Å². The fraction of sp³-hybridized carbons (Fsp3) is 0.429. The maximum absolute atomic E-state index is 5.12. The van der Waals surface area contributed by atoms with Crippen LogP contribution in [0.25, 0.3) is 21.2 Å². The lowest BCUT2D eigenvalue weighted by Gasteiger charge is -2.01. The van der Waals surface area contributed by atoms with E-state index in [1.165, 1.54) is 83.7 Å². The molecule has 32 heavy (non-hydrogen) atoms. The Kier molecular flexibility index (Phi) is 8.31. The Bertz CT molecular complexity index is 1040. The molecule has 0 aliphatic heterocycles. The molecule has 2 aliphatic carbocycles. The molecule has 2 aliphatic rings. The molecule has 0 bridgehead atoms. The number of allylic oxidation sites excluding steroid dienone is 6. The predicted octanol–water partition coefficient (Wildman–Crippen LogP) is 8.73. The molecule has 2 heterocycles. The number of unbranched alkanes of at least 4 members (excludes halogenated alkanes) is 6. The van der Waals surface area contributed by atoms with Gasteiger partial charge in [-0.3, -0.25) is 0 Å². The Balaban J connectivity index is 1.63. The van der Waals surface area contributed by atoms with E-state index in [0.29, 0.717) is 0 Å². The van der Waals surface area contributed by atoms with Gasteiger partial charge in [0.15, 0.2) is 10.0 Å². The van der Waals surface area contributed by atoms with Crippen molar-refractivity contribution >= 4 is 33.8 Å². The molecule has 2 aromatic heterocycles. The highest BCUT2D eigenvalue weighted by atomic mass is 32.1. The summed E-state index contributed by atoms with van der Waals surface area (Å²) in [5, 5.41) is 2.11. The van der Waals surface area contributed by atoms with Gasteiger partial charge >= 0.3 is 0 Å². The summed E-state index contributed by atoms with van der Waals surface area (Å²) < 4.78 is 0. The molecular formula is C28H32N2S2. The van der Waals surface area contributed by atoms with Gasteiger partial charge in [0.25, 0.3) is 0 Å². The average molecular weight is 461 g/mol. The van der Waals surface area contributed by atoms with Crippen LogP contribution in [0.15, 0.2) is 47.9 Å². The first-order valence-corrected chi connectivity index (χ1v) is 13.7. The van der Waals surface area contributed by atoms with Crippen molar-refractivity contribution in [1.29, 1.82) is 0 Å². The van der Waals surface area contributed by atoms with Crippen LogP contribution in [0.2, 0.25) is 0 Å². The van der Waals surface area contributed by atoms with E-state index in [9.17, 15) is 0 Å². The third-order valence-corrected chi connectivity index (χ3v) is 8.20. The Labute approximate surface area is 200 Å². The topological polar surface area (TPSA) is 25.8 Å². The van der Waals surface area contributed by atoms with Crippen LogP contribution in [-0.2, 0) is 12.8 Å². The Morgan fingerprint density at radius 3 is 1.50 bits per heavy atom. The zero-order valence-electron chi connectivity index (χ0n) is 19.2. The van der Waals surface area contributed by atoms with Gasteiger partial charge < -0.3 is 0 Å². The minimum atomic E-state index is 1.03. The monoisotopic (exact) mass is 460 g/mol.